The van der Waals surface area contributed by atoms with Gasteiger partial charge in [0.25, 0.3) is 11.5 Å². The van der Waals surface area contributed by atoms with Gasteiger partial charge in [-0.15, -0.1) is 5.10 Å². The molecule has 1 heterocycles. The number of hydrogen-bond donors (Lipinski definition) is 2. The molecule has 0 atom stereocenters. The van der Waals surface area contributed by atoms with Gasteiger partial charge in [-0.1, -0.05) is 0 Å². The first kappa shape index (κ1) is 10.4. The third-order valence-electron chi connectivity index (χ3n) is 1.49. The number of aryl methyl sites for hydroxylation is 1. The summed E-state index contributed by atoms with van der Waals surface area (Å²) in [6.45, 7) is 5.18. The van der Waals surface area contributed by atoms with Gasteiger partial charge in [0.2, 0.25) is 5.82 Å². The van der Waals surface area contributed by atoms with E-state index in [4.69, 9.17) is 0 Å². The molecule has 2 N–H and O–H groups in total. The van der Waals surface area contributed by atoms with E-state index in [9.17, 15) is 9.59 Å². The third kappa shape index (κ3) is 2.38. The molecule has 0 aliphatic heterocycles. The van der Waals surface area contributed by atoms with Crippen LogP contribution in [0.4, 0.5) is 0 Å². The van der Waals surface area contributed by atoms with Crippen molar-refractivity contribution in [1.82, 2.24) is 20.5 Å². The highest BCUT2D eigenvalue weighted by atomic mass is 16.2. The average molecular weight is 196 g/mol. The first-order valence-corrected chi connectivity index (χ1v) is 4.25. The summed E-state index contributed by atoms with van der Waals surface area (Å²) >= 11 is 0. The quantitative estimate of drug-likeness (QED) is 0.674. The summed E-state index contributed by atoms with van der Waals surface area (Å²) in [5, 5.41) is 8.34. The smallest absolute Gasteiger partial charge is 0.291 e. The van der Waals surface area contributed by atoms with Gasteiger partial charge in [0.05, 0.1) is 0 Å². The second kappa shape index (κ2) is 3.99. The normalized spacial score (nSPS) is 10.3. The lowest BCUT2D eigenvalue weighted by molar-refractivity contribution is 0.0931. The van der Waals surface area contributed by atoms with E-state index in [-0.39, 0.29) is 29.0 Å². The number of aromatic amines is 1. The van der Waals surface area contributed by atoms with Crippen molar-refractivity contribution in [3.05, 3.63) is 21.9 Å². The van der Waals surface area contributed by atoms with E-state index < -0.39 is 0 Å². The molecule has 0 spiro atoms. The summed E-state index contributed by atoms with van der Waals surface area (Å²) in [6, 6.07) is 0.0123. The van der Waals surface area contributed by atoms with Gasteiger partial charge < -0.3 is 5.32 Å². The number of amides is 1. The van der Waals surface area contributed by atoms with Crippen molar-refractivity contribution in [2.45, 2.75) is 26.8 Å². The van der Waals surface area contributed by atoms with E-state index in [1.54, 1.807) is 0 Å². The monoisotopic (exact) mass is 196 g/mol. The highest BCUT2D eigenvalue weighted by Gasteiger charge is 2.11. The van der Waals surface area contributed by atoms with E-state index in [2.05, 4.69) is 20.5 Å². The Hall–Kier alpha value is -1.72. The van der Waals surface area contributed by atoms with Crippen LogP contribution in [0.2, 0.25) is 0 Å². The molecule has 1 aromatic heterocycles. The molecule has 0 fully saturated rings. The van der Waals surface area contributed by atoms with Crippen molar-refractivity contribution >= 4 is 5.91 Å². The minimum absolute atomic E-state index is 0.0123. The minimum Gasteiger partial charge on any atom is -0.347 e. The van der Waals surface area contributed by atoms with Gasteiger partial charge in [0.1, 0.15) is 5.69 Å². The van der Waals surface area contributed by atoms with Crippen LogP contribution in [0.15, 0.2) is 4.79 Å². The van der Waals surface area contributed by atoms with E-state index in [0.717, 1.165) is 0 Å². The Morgan fingerprint density at radius 2 is 2.14 bits per heavy atom. The molecule has 1 rings (SSSR count). The van der Waals surface area contributed by atoms with Crippen LogP contribution in [-0.2, 0) is 0 Å². The Kier molecular flexibility index (Phi) is 2.95. The van der Waals surface area contributed by atoms with Gasteiger partial charge in [-0.25, -0.2) is 10.1 Å². The molecular formula is C8H12N4O2. The fourth-order valence-corrected chi connectivity index (χ4v) is 0.848. The highest BCUT2D eigenvalue weighted by molar-refractivity contribution is 5.90. The average Bonchev–Trinajstić information content (AvgIpc) is 2.08. The first-order valence-electron chi connectivity index (χ1n) is 4.25. The molecule has 0 bridgehead atoms. The van der Waals surface area contributed by atoms with Crippen molar-refractivity contribution in [3.8, 4) is 0 Å². The van der Waals surface area contributed by atoms with Gasteiger partial charge in [0.15, 0.2) is 0 Å². The number of aromatic nitrogens is 3. The Morgan fingerprint density at radius 3 is 2.64 bits per heavy atom. The number of H-pyrrole nitrogens is 1. The van der Waals surface area contributed by atoms with Gasteiger partial charge in [0, 0.05) is 6.04 Å². The molecule has 1 aromatic rings. The molecule has 0 aliphatic carbocycles. The molecule has 0 radical (unpaired) electrons. The molecule has 0 saturated carbocycles. The van der Waals surface area contributed by atoms with Crippen molar-refractivity contribution in [1.29, 1.82) is 0 Å². The van der Waals surface area contributed by atoms with Crippen LogP contribution < -0.4 is 10.9 Å². The molecule has 0 saturated heterocycles. The molecule has 6 heteroatoms. The van der Waals surface area contributed by atoms with Crippen LogP contribution in [0, 0.1) is 6.92 Å². The Morgan fingerprint density at radius 1 is 1.50 bits per heavy atom. The summed E-state index contributed by atoms with van der Waals surface area (Å²) in [6.07, 6.45) is 0. The summed E-state index contributed by atoms with van der Waals surface area (Å²) in [7, 11) is 0. The van der Waals surface area contributed by atoms with Crippen LogP contribution in [-0.4, -0.2) is 27.1 Å². The Labute approximate surface area is 80.8 Å². The predicted molar refractivity (Wildman–Crippen MR) is 50.0 cm³/mol. The molecule has 14 heavy (non-hydrogen) atoms. The second-order valence-corrected chi connectivity index (χ2v) is 3.20. The van der Waals surface area contributed by atoms with E-state index in [1.165, 1.54) is 6.92 Å². The number of carbonyl (C=O) groups is 1. The van der Waals surface area contributed by atoms with Crippen molar-refractivity contribution in [3.63, 3.8) is 0 Å². The lowest BCUT2D eigenvalue weighted by Gasteiger charge is -2.06. The van der Waals surface area contributed by atoms with Crippen LogP contribution >= 0.6 is 0 Å². The van der Waals surface area contributed by atoms with Gasteiger partial charge in [-0.2, -0.15) is 0 Å². The van der Waals surface area contributed by atoms with E-state index in [1.807, 2.05) is 13.8 Å². The predicted octanol–water partition coefficient (Wildman–Crippen LogP) is -0.388. The van der Waals surface area contributed by atoms with Crippen molar-refractivity contribution in [2.24, 2.45) is 0 Å². The SMILES string of the molecule is Cc1nc(C(=O)NC(C)C)n[nH]c1=O. The Bertz CT molecular complexity index is 397. The summed E-state index contributed by atoms with van der Waals surface area (Å²) in [5.41, 5.74) is -0.153. The maximum absolute atomic E-state index is 11.4. The highest BCUT2D eigenvalue weighted by Crippen LogP contribution is 1.88. The number of hydrogen-bond acceptors (Lipinski definition) is 4. The molecule has 1 amide bonds. The van der Waals surface area contributed by atoms with Gasteiger partial charge in [-0.3, -0.25) is 9.59 Å². The summed E-state index contributed by atoms with van der Waals surface area (Å²) in [5.74, 6) is -0.407. The third-order valence-corrected chi connectivity index (χ3v) is 1.49. The molecular weight excluding hydrogens is 184 g/mol. The molecule has 0 aliphatic rings. The van der Waals surface area contributed by atoms with E-state index in [0.29, 0.717) is 0 Å². The number of rotatable bonds is 2. The zero-order valence-electron chi connectivity index (χ0n) is 8.29. The summed E-state index contributed by atoms with van der Waals surface area (Å²) < 4.78 is 0. The molecule has 0 aromatic carbocycles. The zero-order valence-corrected chi connectivity index (χ0v) is 8.29. The van der Waals surface area contributed by atoms with Crippen molar-refractivity contribution in [2.75, 3.05) is 0 Å². The van der Waals surface area contributed by atoms with E-state index >= 15 is 0 Å². The van der Waals surface area contributed by atoms with Crippen molar-refractivity contribution < 1.29 is 4.79 Å². The maximum atomic E-state index is 11.4. The molecule has 6 nitrogen and oxygen atoms in total. The number of nitrogens with one attached hydrogen (secondary N) is 2. The van der Waals surface area contributed by atoms with Gasteiger partial charge >= 0.3 is 0 Å². The second-order valence-electron chi connectivity index (χ2n) is 3.20. The fraction of sp³-hybridized carbons (Fsp3) is 0.500. The van der Waals surface area contributed by atoms with Gasteiger partial charge in [-0.05, 0) is 20.8 Å². The summed E-state index contributed by atoms with van der Waals surface area (Å²) in [4.78, 5) is 26.0. The number of carbonyl (C=O) groups excluding carboxylic acids is 1. The molecule has 76 valence electrons. The van der Waals surface area contributed by atoms with Crippen LogP contribution in [0.5, 0.6) is 0 Å². The minimum atomic E-state index is -0.389. The zero-order chi connectivity index (χ0) is 10.7. The largest absolute Gasteiger partial charge is 0.347 e. The Balaban J connectivity index is 2.92. The maximum Gasteiger partial charge on any atom is 0.291 e. The first-order chi connectivity index (χ1) is 6.50. The standard InChI is InChI=1S/C8H12N4O2/c1-4(2)9-8(14)6-10-5(3)7(13)12-11-6/h4H,1-3H3,(H,9,14)(H,12,13). The lowest BCUT2D eigenvalue weighted by atomic mass is 10.4. The number of nitrogens with zero attached hydrogens (tertiary/aromatic N) is 2. The van der Waals surface area contributed by atoms with Crippen LogP contribution in [0.1, 0.15) is 30.2 Å². The van der Waals surface area contributed by atoms with Crippen LogP contribution in [0.3, 0.4) is 0 Å². The fourth-order valence-electron chi connectivity index (χ4n) is 0.848. The lowest BCUT2D eigenvalue weighted by Crippen LogP contribution is -2.33. The topological polar surface area (TPSA) is 87.7 Å². The van der Waals surface area contributed by atoms with Crippen LogP contribution in [0.25, 0.3) is 0 Å². The molecule has 0 unspecified atom stereocenters.